The molecule has 0 N–H and O–H groups in total. The predicted octanol–water partition coefficient (Wildman–Crippen LogP) is 4.43. The maximum Gasteiger partial charge on any atom is 0.276 e. The zero-order chi connectivity index (χ0) is 13.8. The van der Waals surface area contributed by atoms with Gasteiger partial charge in [0, 0.05) is 11.1 Å². The summed E-state index contributed by atoms with van der Waals surface area (Å²) in [4.78, 5) is 10.5. The fourth-order valence-electron chi connectivity index (χ4n) is 1.57. The van der Waals surface area contributed by atoms with Gasteiger partial charge >= 0.3 is 0 Å². The van der Waals surface area contributed by atoms with Crippen LogP contribution in [0.4, 0.5) is 5.69 Å². The first-order chi connectivity index (χ1) is 9.08. The lowest BCUT2D eigenvalue weighted by molar-refractivity contribution is -0.385. The summed E-state index contributed by atoms with van der Waals surface area (Å²) in [5.74, 6) is 0.692. The molecule has 0 aromatic heterocycles. The van der Waals surface area contributed by atoms with Gasteiger partial charge in [-0.25, -0.2) is 0 Å². The van der Waals surface area contributed by atoms with E-state index in [1.54, 1.807) is 6.07 Å². The van der Waals surface area contributed by atoms with Crippen LogP contribution in [0.5, 0.6) is 5.75 Å². The highest BCUT2D eigenvalue weighted by Gasteiger charge is 2.14. The number of ether oxygens (including phenoxy) is 1. The van der Waals surface area contributed by atoms with Crippen LogP contribution < -0.4 is 4.74 Å². The predicted molar refractivity (Wildman–Crippen MR) is 81.6 cm³/mol. The van der Waals surface area contributed by atoms with Crippen LogP contribution in [0.15, 0.2) is 42.5 Å². The summed E-state index contributed by atoms with van der Waals surface area (Å²) in [5.41, 5.74) is 0.465. The number of halogens is 2. The van der Waals surface area contributed by atoms with Gasteiger partial charge < -0.3 is 4.74 Å². The molecule has 0 unspecified atom stereocenters. The highest BCUT2D eigenvalue weighted by Crippen LogP contribution is 2.26. The Bertz CT molecular complexity index is 619. The van der Waals surface area contributed by atoms with Crippen molar-refractivity contribution < 1.29 is 9.66 Å². The van der Waals surface area contributed by atoms with Gasteiger partial charge in [0.05, 0.1) is 14.1 Å². The molecule has 0 aliphatic rings. The Morgan fingerprint density at radius 1 is 1.26 bits per heavy atom. The highest BCUT2D eigenvalue weighted by atomic mass is 127. The third kappa shape index (κ3) is 3.57. The van der Waals surface area contributed by atoms with E-state index in [0.29, 0.717) is 16.3 Å². The summed E-state index contributed by atoms with van der Waals surface area (Å²) < 4.78 is 6.55. The molecule has 0 heterocycles. The number of hydrogen-bond acceptors (Lipinski definition) is 3. The van der Waals surface area contributed by atoms with Crippen LogP contribution in [0.2, 0.25) is 5.02 Å². The molecule has 0 spiro atoms. The second-order valence-corrected chi connectivity index (χ2v) is 5.35. The summed E-state index contributed by atoms with van der Waals surface area (Å²) in [6.45, 7) is 0.108. The molecule has 6 heteroatoms. The third-order valence-corrected chi connectivity index (χ3v) is 3.58. The van der Waals surface area contributed by atoms with Crippen LogP contribution in [-0.2, 0) is 6.61 Å². The molecule has 0 fully saturated rings. The summed E-state index contributed by atoms with van der Waals surface area (Å²) in [7, 11) is 0. The number of nitro benzene ring substituents is 1. The molecular weight excluding hydrogens is 381 g/mol. The Labute approximate surface area is 128 Å². The lowest BCUT2D eigenvalue weighted by Crippen LogP contribution is -2.01. The van der Waals surface area contributed by atoms with Gasteiger partial charge in [-0.2, -0.15) is 0 Å². The summed E-state index contributed by atoms with van der Waals surface area (Å²) in [6.07, 6.45) is 0. The van der Waals surface area contributed by atoms with Crippen molar-refractivity contribution in [2.45, 2.75) is 6.61 Å². The van der Waals surface area contributed by atoms with Gasteiger partial charge in [-0.15, -0.1) is 0 Å². The van der Waals surface area contributed by atoms with E-state index in [0.717, 1.165) is 3.57 Å². The zero-order valence-electron chi connectivity index (χ0n) is 9.68. The van der Waals surface area contributed by atoms with E-state index in [-0.39, 0.29) is 12.3 Å². The average molecular weight is 390 g/mol. The molecule has 4 nitrogen and oxygen atoms in total. The molecule has 0 amide bonds. The molecule has 0 aliphatic carbocycles. The smallest absolute Gasteiger partial charge is 0.276 e. The van der Waals surface area contributed by atoms with Gasteiger partial charge in [0.25, 0.3) is 5.69 Å². The third-order valence-electron chi connectivity index (χ3n) is 2.46. The summed E-state index contributed by atoms with van der Waals surface area (Å²) >= 11 is 8.00. The minimum Gasteiger partial charge on any atom is -0.488 e. The van der Waals surface area contributed by atoms with Crippen molar-refractivity contribution in [1.82, 2.24) is 0 Å². The lowest BCUT2D eigenvalue weighted by Gasteiger charge is -2.08. The molecular formula is C13H9ClINO3. The molecule has 2 aromatic carbocycles. The van der Waals surface area contributed by atoms with E-state index in [4.69, 9.17) is 16.3 Å². The van der Waals surface area contributed by atoms with Crippen molar-refractivity contribution in [3.05, 3.63) is 66.7 Å². The molecule has 0 saturated heterocycles. The van der Waals surface area contributed by atoms with E-state index >= 15 is 0 Å². The number of nitro groups is 1. The molecule has 98 valence electrons. The molecule has 0 atom stereocenters. The lowest BCUT2D eigenvalue weighted by atomic mass is 10.2. The van der Waals surface area contributed by atoms with Gasteiger partial charge in [-0.3, -0.25) is 10.1 Å². The van der Waals surface area contributed by atoms with Crippen LogP contribution in [0.1, 0.15) is 5.56 Å². The topological polar surface area (TPSA) is 52.4 Å². The SMILES string of the molecule is O=[N+]([O-])c1ccc(Cl)cc1COc1ccccc1I. The van der Waals surface area contributed by atoms with E-state index in [2.05, 4.69) is 22.6 Å². The van der Waals surface area contributed by atoms with Gasteiger partial charge in [-0.05, 0) is 46.9 Å². The number of hydrogen-bond donors (Lipinski definition) is 0. The summed E-state index contributed by atoms with van der Waals surface area (Å²) in [5, 5.41) is 11.4. The Balaban J connectivity index is 2.22. The van der Waals surface area contributed by atoms with E-state index in [9.17, 15) is 10.1 Å². The number of rotatable bonds is 4. The fraction of sp³-hybridized carbons (Fsp3) is 0.0769. The molecule has 0 bridgehead atoms. The monoisotopic (exact) mass is 389 g/mol. The van der Waals surface area contributed by atoms with Crippen molar-refractivity contribution in [2.75, 3.05) is 0 Å². The molecule has 2 aromatic rings. The Kier molecular flexibility index (Phi) is 4.60. The number of nitrogens with zero attached hydrogens (tertiary/aromatic N) is 1. The second kappa shape index (κ2) is 6.21. The van der Waals surface area contributed by atoms with E-state index < -0.39 is 4.92 Å². The normalized spacial score (nSPS) is 10.2. The first-order valence-corrected chi connectivity index (χ1v) is 6.84. The number of benzene rings is 2. The first kappa shape index (κ1) is 14.1. The van der Waals surface area contributed by atoms with Gasteiger partial charge in [0.2, 0.25) is 0 Å². The zero-order valence-corrected chi connectivity index (χ0v) is 12.6. The quantitative estimate of drug-likeness (QED) is 0.441. The average Bonchev–Trinajstić information content (AvgIpc) is 2.37. The minimum atomic E-state index is -0.440. The van der Waals surface area contributed by atoms with Crippen molar-refractivity contribution in [2.24, 2.45) is 0 Å². The first-order valence-electron chi connectivity index (χ1n) is 5.38. The van der Waals surface area contributed by atoms with Crippen LogP contribution in [0.25, 0.3) is 0 Å². The largest absolute Gasteiger partial charge is 0.488 e. The van der Waals surface area contributed by atoms with Gasteiger partial charge in [0.1, 0.15) is 12.4 Å². The van der Waals surface area contributed by atoms with Crippen molar-refractivity contribution in [1.29, 1.82) is 0 Å². The van der Waals surface area contributed by atoms with Crippen molar-refractivity contribution in [3.8, 4) is 5.75 Å². The minimum absolute atomic E-state index is 0.00957. The molecule has 0 saturated carbocycles. The highest BCUT2D eigenvalue weighted by molar-refractivity contribution is 14.1. The van der Waals surface area contributed by atoms with Gasteiger partial charge in [0.15, 0.2) is 0 Å². The number of para-hydroxylation sites is 1. The Morgan fingerprint density at radius 3 is 2.68 bits per heavy atom. The molecule has 19 heavy (non-hydrogen) atoms. The van der Waals surface area contributed by atoms with Crippen molar-refractivity contribution in [3.63, 3.8) is 0 Å². The maximum absolute atomic E-state index is 10.9. The molecule has 2 rings (SSSR count). The van der Waals surface area contributed by atoms with Gasteiger partial charge in [-0.1, -0.05) is 23.7 Å². The fourth-order valence-corrected chi connectivity index (χ4v) is 2.30. The standard InChI is InChI=1S/C13H9ClINO3/c14-10-5-6-12(16(17)18)9(7-10)8-19-13-4-2-1-3-11(13)15/h1-7H,8H2. The van der Waals surface area contributed by atoms with E-state index in [1.165, 1.54) is 12.1 Å². The second-order valence-electron chi connectivity index (χ2n) is 3.75. The van der Waals surface area contributed by atoms with E-state index in [1.807, 2.05) is 24.3 Å². The molecule has 0 aliphatic heterocycles. The Hall–Kier alpha value is -1.34. The van der Waals surface area contributed by atoms with Crippen LogP contribution >= 0.6 is 34.2 Å². The van der Waals surface area contributed by atoms with Crippen molar-refractivity contribution >= 4 is 39.9 Å². The Morgan fingerprint density at radius 2 is 2.00 bits per heavy atom. The maximum atomic E-state index is 10.9. The van der Waals surface area contributed by atoms with Crippen LogP contribution in [0, 0.1) is 13.7 Å². The van der Waals surface area contributed by atoms with Crippen LogP contribution in [0.3, 0.4) is 0 Å². The summed E-state index contributed by atoms with van der Waals surface area (Å²) in [6, 6.07) is 11.9. The molecule has 0 radical (unpaired) electrons. The van der Waals surface area contributed by atoms with Crippen LogP contribution in [-0.4, -0.2) is 4.92 Å².